The number of carboxylic acids is 1. The number of carboxylic acid groups (broad SMARTS) is 1. The van der Waals surface area contributed by atoms with Gasteiger partial charge in [0.15, 0.2) is 0 Å². The van der Waals surface area contributed by atoms with Crippen molar-refractivity contribution in [2.24, 2.45) is 0 Å². The Morgan fingerprint density at radius 3 is 2.55 bits per heavy atom. The van der Waals surface area contributed by atoms with E-state index in [1.54, 1.807) is 26.8 Å². The maximum absolute atomic E-state index is 11.8. The van der Waals surface area contributed by atoms with E-state index < -0.39 is 29.6 Å². The molecule has 1 aliphatic rings. The van der Waals surface area contributed by atoms with Gasteiger partial charge in [0, 0.05) is 0 Å². The monoisotopic (exact) mass is 277 g/mol. The van der Waals surface area contributed by atoms with Gasteiger partial charge < -0.3 is 15.2 Å². The molecule has 2 rings (SSSR count). The minimum atomic E-state index is -0.934. The number of carbonyl (C=O) groups is 2. The summed E-state index contributed by atoms with van der Waals surface area (Å²) in [5, 5.41) is 12.1. The highest BCUT2D eigenvalue weighted by molar-refractivity contribution is 5.80. The van der Waals surface area contributed by atoms with Crippen molar-refractivity contribution in [2.75, 3.05) is 0 Å². The molecule has 5 heteroatoms. The van der Waals surface area contributed by atoms with E-state index >= 15 is 0 Å². The van der Waals surface area contributed by atoms with Crippen LogP contribution in [0.2, 0.25) is 0 Å². The molecule has 20 heavy (non-hydrogen) atoms. The van der Waals surface area contributed by atoms with Gasteiger partial charge in [-0.1, -0.05) is 24.3 Å². The average Bonchev–Trinajstić information content (AvgIpc) is 2.63. The van der Waals surface area contributed by atoms with Gasteiger partial charge in [0.05, 0.1) is 6.04 Å². The zero-order valence-electron chi connectivity index (χ0n) is 11.8. The van der Waals surface area contributed by atoms with E-state index in [0.717, 1.165) is 11.1 Å². The molecule has 1 aliphatic carbocycles. The molecule has 1 amide bonds. The minimum Gasteiger partial charge on any atom is -0.481 e. The summed E-state index contributed by atoms with van der Waals surface area (Å²) >= 11 is 0. The summed E-state index contributed by atoms with van der Waals surface area (Å²) in [6.45, 7) is 5.31. The molecule has 0 saturated carbocycles. The predicted molar refractivity (Wildman–Crippen MR) is 73.7 cm³/mol. The van der Waals surface area contributed by atoms with Gasteiger partial charge in [-0.05, 0) is 38.3 Å². The molecule has 2 N–H and O–H groups in total. The van der Waals surface area contributed by atoms with Crippen molar-refractivity contribution in [3.8, 4) is 0 Å². The van der Waals surface area contributed by atoms with E-state index in [-0.39, 0.29) is 0 Å². The van der Waals surface area contributed by atoms with Gasteiger partial charge in [-0.2, -0.15) is 0 Å². The zero-order chi connectivity index (χ0) is 14.9. The fraction of sp³-hybridized carbons (Fsp3) is 0.467. The van der Waals surface area contributed by atoms with Gasteiger partial charge in [0.1, 0.15) is 11.5 Å². The van der Waals surface area contributed by atoms with Crippen molar-refractivity contribution < 1.29 is 19.4 Å². The second kappa shape index (κ2) is 5.15. The third-order valence-corrected chi connectivity index (χ3v) is 3.20. The lowest BCUT2D eigenvalue weighted by Gasteiger charge is -2.23. The molecular formula is C15H19NO4. The molecule has 0 bridgehead atoms. The smallest absolute Gasteiger partial charge is 0.407 e. The number of nitrogens with one attached hydrogen (secondary N) is 1. The van der Waals surface area contributed by atoms with E-state index in [9.17, 15) is 14.7 Å². The number of alkyl carbamates (subject to hydrolysis) is 1. The largest absolute Gasteiger partial charge is 0.481 e. The number of aliphatic carboxylic acids is 1. The van der Waals surface area contributed by atoms with E-state index in [4.69, 9.17) is 4.74 Å². The molecule has 2 atom stereocenters. The molecule has 0 fully saturated rings. The van der Waals surface area contributed by atoms with Crippen molar-refractivity contribution in [1.82, 2.24) is 5.32 Å². The van der Waals surface area contributed by atoms with Crippen LogP contribution in [0.4, 0.5) is 4.79 Å². The first-order valence-corrected chi connectivity index (χ1v) is 6.58. The normalized spacial score (nSPS) is 21.1. The fourth-order valence-electron chi connectivity index (χ4n) is 2.49. The van der Waals surface area contributed by atoms with Crippen molar-refractivity contribution >= 4 is 12.1 Å². The number of hydrogen-bond acceptors (Lipinski definition) is 3. The maximum Gasteiger partial charge on any atom is 0.407 e. The first-order chi connectivity index (χ1) is 9.28. The molecule has 1 unspecified atom stereocenters. The van der Waals surface area contributed by atoms with Crippen LogP contribution < -0.4 is 5.32 Å². The van der Waals surface area contributed by atoms with Crippen LogP contribution in [-0.4, -0.2) is 28.8 Å². The van der Waals surface area contributed by atoms with E-state index in [0.29, 0.717) is 6.42 Å². The number of hydrogen-bond donors (Lipinski definition) is 2. The number of amides is 1. The Morgan fingerprint density at radius 2 is 1.95 bits per heavy atom. The molecule has 108 valence electrons. The summed E-state index contributed by atoms with van der Waals surface area (Å²) in [5.41, 5.74) is 1.12. The Labute approximate surface area is 117 Å². The van der Waals surface area contributed by atoms with Gasteiger partial charge in [-0.25, -0.2) is 4.79 Å². The van der Waals surface area contributed by atoms with E-state index in [2.05, 4.69) is 5.32 Å². The first kappa shape index (κ1) is 14.4. The first-order valence-electron chi connectivity index (χ1n) is 6.58. The van der Waals surface area contributed by atoms with Crippen LogP contribution in [0.1, 0.15) is 37.8 Å². The topological polar surface area (TPSA) is 75.6 Å². The molecular weight excluding hydrogens is 258 g/mol. The van der Waals surface area contributed by atoms with Crippen molar-refractivity contribution in [1.29, 1.82) is 0 Å². The van der Waals surface area contributed by atoms with Gasteiger partial charge in [0.2, 0.25) is 0 Å². The maximum atomic E-state index is 11.8. The Bertz CT molecular complexity index is 533. The van der Waals surface area contributed by atoms with Crippen LogP contribution in [0, 0.1) is 0 Å². The molecule has 0 saturated heterocycles. The van der Waals surface area contributed by atoms with Gasteiger partial charge in [0.25, 0.3) is 0 Å². The summed E-state index contributed by atoms with van der Waals surface area (Å²) in [7, 11) is 0. The highest BCUT2D eigenvalue weighted by atomic mass is 16.6. The van der Waals surface area contributed by atoms with Crippen LogP contribution in [0.3, 0.4) is 0 Å². The Balaban J connectivity index is 2.14. The zero-order valence-corrected chi connectivity index (χ0v) is 11.8. The highest BCUT2D eigenvalue weighted by Gasteiger charge is 2.38. The number of fused-ring (bicyclic) bond motifs is 1. The minimum absolute atomic E-state index is 0.472. The van der Waals surface area contributed by atoms with Crippen molar-refractivity contribution in [3.63, 3.8) is 0 Å². The van der Waals surface area contributed by atoms with Crippen LogP contribution in [0.5, 0.6) is 0 Å². The molecule has 0 aromatic heterocycles. The third kappa shape index (κ3) is 3.10. The third-order valence-electron chi connectivity index (χ3n) is 3.20. The summed E-state index contributed by atoms with van der Waals surface area (Å²) < 4.78 is 5.18. The van der Waals surface area contributed by atoms with Crippen LogP contribution in [0.25, 0.3) is 0 Å². The molecule has 0 aliphatic heterocycles. The summed E-state index contributed by atoms with van der Waals surface area (Å²) in [5.74, 6) is -1.66. The van der Waals surface area contributed by atoms with Crippen LogP contribution >= 0.6 is 0 Å². The summed E-state index contributed by atoms with van der Waals surface area (Å²) in [6.07, 6.45) is -0.0756. The lowest BCUT2D eigenvalue weighted by molar-refractivity contribution is -0.139. The fourth-order valence-corrected chi connectivity index (χ4v) is 2.49. The molecule has 0 radical (unpaired) electrons. The Morgan fingerprint density at radius 1 is 1.30 bits per heavy atom. The lowest BCUT2D eigenvalue weighted by Crippen LogP contribution is -2.43. The van der Waals surface area contributed by atoms with Gasteiger partial charge in [-0.15, -0.1) is 0 Å². The van der Waals surface area contributed by atoms with Crippen molar-refractivity contribution in [3.05, 3.63) is 35.4 Å². The highest BCUT2D eigenvalue weighted by Crippen LogP contribution is 2.33. The quantitative estimate of drug-likeness (QED) is 0.869. The predicted octanol–water partition coefficient (Wildman–Crippen LogP) is 2.30. The Hall–Kier alpha value is -2.04. The van der Waals surface area contributed by atoms with Gasteiger partial charge >= 0.3 is 12.1 Å². The van der Waals surface area contributed by atoms with Crippen LogP contribution in [-0.2, 0) is 16.0 Å². The molecule has 0 spiro atoms. The molecule has 1 aromatic carbocycles. The summed E-state index contributed by atoms with van der Waals surface area (Å²) in [6, 6.07) is 6.89. The second-order valence-electron chi connectivity index (χ2n) is 5.97. The number of rotatable bonds is 2. The van der Waals surface area contributed by atoms with E-state index in [1.807, 2.05) is 18.2 Å². The number of benzene rings is 1. The SMILES string of the molecule is CC(C)(C)OC(=O)NC1Cc2ccccc2[C@H]1C(=O)O. The standard InChI is InChI=1S/C15H19NO4/c1-15(2,3)20-14(19)16-11-8-9-6-4-5-7-10(9)12(11)13(17)18/h4-7,11-12H,8H2,1-3H3,(H,16,19)(H,17,18)/t11?,12-/m1/s1. The summed E-state index contributed by atoms with van der Waals surface area (Å²) in [4.78, 5) is 23.3. The average molecular weight is 277 g/mol. The Kier molecular flexibility index (Phi) is 3.70. The van der Waals surface area contributed by atoms with E-state index in [1.165, 1.54) is 0 Å². The lowest BCUT2D eigenvalue weighted by atomic mass is 9.99. The number of carbonyl (C=O) groups excluding carboxylic acids is 1. The van der Waals surface area contributed by atoms with Crippen LogP contribution in [0.15, 0.2) is 24.3 Å². The molecule has 5 nitrogen and oxygen atoms in total. The van der Waals surface area contributed by atoms with Crippen molar-refractivity contribution in [2.45, 2.75) is 44.8 Å². The van der Waals surface area contributed by atoms with Gasteiger partial charge in [-0.3, -0.25) is 4.79 Å². The second-order valence-corrected chi connectivity index (χ2v) is 5.97. The molecule has 1 aromatic rings. The molecule has 0 heterocycles. The number of ether oxygens (including phenoxy) is 1.